The van der Waals surface area contributed by atoms with Gasteiger partial charge in [-0.25, -0.2) is 0 Å². The molecule has 1 aliphatic heterocycles. The van der Waals surface area contributed by atoms with E-state index in [4.69, 9.17) is 16.0 Å². The highest BCUT2D eigenvalue weighted by molar-refractivity contribution is 6.29. The zero-order chi connectivity index (χ0) is 10.6. The first-order chi connectivity index (χ1) is 7.12. The Morgan fingerprint density at radius 1 is 1.53 bits per heavy atom. The Morgan fingerprint density at radius 2 is 2.27 bits per heavy atom. The Morgan fingerprint density at radius 3 is 2.87 bits per heavy atom. The van der Waals surface area contributed by atoms with Crippen LogP contribution in [0.3, 0.4) is 0 Å². The summed E-state index contributed by atoms with van der Waals surface area (Å²) in [6, 6.07) is 2.40. The predicted molar refractivity (Wildman–Crippen MR) is 60.2 cm³/mol. The van der Waals surface area contributed by atoms with Crippen LogP contribution in [0.15, 0.2) is 10.5 Å². The van der Waals surface area contributed by atoms with Crippen molar-refractivity contribution in [3.05, 3.63) is 22.6 Å². The average molecular weight is 226 g/mol. The van der Waals surface area contributed by atoms with E-state index >= 15 is 0 Å². The van der Waals surface area contributed by atoms with Gasteiger partial charge in [-0.3, -0.25) is 0 Å². The molecule has 3 rings (SSSR count). The van der Waals surface area contributed by atoms with Crippen LogP contribution < -0.4 is 5.32 Å². The molecule has 0 amide bonds. The molecule has 0 radical (unpaired) electrons. The fraction of sp³-hybridized carbons (Fsp3) is 0.667. The van der Waals surface area contributed by atoms with Gasteiger partial charge >= 0.3 is 0 Å². The molecular formula is C12H16ClNO. The Balaban J connectivity index is 2.07. The number of rotatable bonds is 1. The highest BCUT2D eigenvalue weighted by atomic mass is 35.5. The summed E-state index contributed by atoms with van der Waals surface area (Å²) in [5, 5.41) is 4.16. The lowest BCUT2D eigenvalue weighted by atomic mass is 9.86. The molecule has 1 unspecified atom stereocenters. The molecular weight excluding hydrogens is 210 g/mol. The lowest BCUT2D eigenvalue weighted by molar-refractivity contribution is 0.324. The second-order valence-corrected chi connectivity index (χ2v) is 5.59. The molecule has 1 spiro atoms. The molecule has 1 aliphatic carbocycles. The minimum absolute atomic E-state index is 0.286. The summed E-state index contributed by atoms with van der Waals surface area (Å²) in [6.07, 6.45) is 2.48. The molecule has 0 bridgehead atoms. The summed E-state index contributed by atoms with van der Waals surface area (Å²) in [5.41, 5.74) is 1.58. The number of fused-ring (bicyclic) bond motifs is 2. The van der Waals surface area contributed by atoms with Gasteiger partial charge in [-0.1, -0.05) is 13.8 Å². The summed E-state index contributed by atoms with van der Waals surface area (Å²) >= 11 is 5.98. The first-order valence-electron chi connectivity index (χ1n) is 5.65. The minimum atomic E-state index is 0.286. The van der Waals surface area contributed by atoms with Gasteiger partial charge in [-0.05, 0) is 30.4 Å². The lowest BCUT2D eigenvalue weighted by Crippen LogP contribution is -2.38. The third-order valence-corrected chi connectivity index (χ3v) is 3.91. The van der Waals surface area contributed by atoms with Crippen molar-refractivity contribution in [2.75, 3.05) is 6.54 Å². The van der Waals surface area contributed by atoms with E-state index in [0.29, 0.717) is 17.2 Å². The maximum atomic E-state index is 5.98. The number of nitrogens with one attached hydrogen (secondary N) is 1. The standard InChI is InChI=1S/C12H16ClNO/c1-7(2)10-8-5-9(13)15-11(8)12(3-4-12)6-14-10/h5,7,10,14H,3-4,6H2,1-2H3. The lowest BCUT2D eigenvalue weighted by Gasteiger charge is -2.31. The number of hydrogen-bond acceptors (Lipinski definition) is 2. The molecule has 15 heavy (non-hydrogen) atoms. The van der Waals surface area contributed by atoms with Crippen LogP contribution in [-0.2, 0) is 5.41 Å². The molecule has 2 heterocycles. The van der Waals surface area contributed by atoms with E-state index in [9.17, 15) is 0 Å². The van der Waals surface area contributed by atoms with Crippen LogP contribution in [0.2, 0.25) is 5.22 Å². The van der Waals surface area contributed by atoms with Gasteiger partial charge in [0.05, 0.1) is 0 Å². The third kappa shape index (κ3) is 1.35. The van der Waals surface area contributed by atoms with E-state index in [1.54, 1.807) is 0 Å². The molecule has 82 valence electrons. The first-order valence-corrected chi connectivity index (χ1v) is 6.03. The van der Waals surface area contributed by atoms with Crippen molar-refractivity contribution in [3.8, 4) is 0 Å². The van der Waals surface area contributed by atoms with Gasteiger partial charge in [0.25, 0.3) is 0 Å². The van der Waals surface area contributed by atoms with Gasteiger partial charge in [0.15, 0.2) is 5.22 Å². The van der Waals surface area contributed by atoms with Crippen molar-refractivity contribution in [3.63, 3.8) is 0 Å². The summed E-state index contributed by atoms with van der Waals surface area (Å²) in [5.74, 6) is 1.73. The van der Waals surface area contributed by atoms with Crippen molar-refractivity contribution in [2.45, 2.75) is 38.1 Å². The number of halogens is 1. The third-order valence-electron chi connectivity index (χ3n) is 3.73. The van der Waals surface area contributed by atoms with Gasteiger partial charge < -0.3 is 9.73 Å². The molecule has 1 atom stereocenters. The topological polar surface area (TPSA) is 25.2 Å². The van der Waals surface area contributed by atoms with Gasteiger partial charge in [-0.15, -0.1) is 0 Å². The fourth-order valence-electron chi connectivity index (χ4n) is 2.66. The second kappa shape index (κ2) is 3.02. The maximum absolute atomic E-state index is 5.98. The average Bonchev–Trinajstić information content (AvgIpc) is 2.81. The van der Waals surface area contributed by atoms with E-state index in [2.05, 4.69) is 19.2 Å². The predicted octanol–water partition coefficient (Wildman–Crippen LogP) is 3.26. The van der Waals surface area contributed by atoms with E-state index < -0.39 is 0 Å². The molecule has 2 nitrogen and oxygen atoms in total. The van der Waals surface area contributed by atoms with Gasteiger partial charge in [-0.2, -0.15) is 0 Å². The van der Waals surface area contributed by atoms with Gasteiger partial charge in [0.1, 0.15) is 5.76 Å². The largest absolute Gasteiger partial charge is 0.449 e. The Hall–Kier alpha value is -0.470. The Labute approximate surface area is 95.0 Å². The first kappa shape index (κ1) is 9.73. The molecule has 1 aromatic rings. The quantitative estimate of drug-likeness (QED) is 0.794. The SMILES string of the molecule is CC(C)C1NCC2(CC2)c2oc(Cl)cc21. The second-order valence-electron chi connectivity index (χ2n) is 5.22. The molecule has 0 aromatic carbocycles. The summed E-state index contributed by atoms with van der Waals surface area (Å²) in [4.78, 5) is 0. The Kier molecular flexibility index (Phi) is 1.96. The van der Waals surface area contributed by atoms with Crippen molar-refractivity contribution < 1.29 is 4.42 Å². The highest BCUT2D eigenvalue weighted by Crippen LogP contribution is 2.54. The van der Waals surface area contributed by atoms with Crippen molar-refractivity contribution >= 4 is 11.6 Å². The van der Waals surface area contributed by atoms with Crippen LogP contribution in [0, 0.1) is 5.92 Å². The van der Waals surface area contributed by atoms with E-state index in [-0.39, 0.29) is 5.41 Å². The van der Waals surface area contributed by atoms with Crippen LogP contribution in [0.25, 0.3) is 0 Å². The summed E-state index contributed by atoms with van der Waals surface area (Å²) in [6.45, 7) is 5.51. The summed E-state index contributed by atoms with van der Waals surface area (Å²) < 4.78 is 5.69. The van der Waals surface area contributed by atoms with Crippen LogP contribution in [-0.4, -0.2) is 6.54 Å². The number of hydrogen-bond donors (Lipinski definition) is 1. The highest BCUT2D eigenvalue weighted by Gasteiger charge is 2.52. The minimum Gasteiger partial charge on any atom is -0.449 e. The molecule has 0 saturated heterocycles. The van der Waals surface area contributed by atoms with Crippen LogP contribution in [0.1, 0.15) is 44.1 Å². The Bertz CT molecular complexity index is 392. The van der Waals surface area contributed by atoms with Crippen molar-refractivity contribution in [1.29, 1.82) is 0 Å². The zero-order valence-corrected chi connectivity index (χ0v) is 9.90. The number of furan rings is 1. The fourth-order valence-corrected chi connectivity index (χ4v) is 2.86. The van der Waals surface area contributed by atoms with Crippen LogP contribution in [0.5, 0.6) is 0 Å². The van der Waals surface area contributed by atoms with Gasteiger partial charge in [0.2, 0.25) is 0 Å². The van der Waals surface area contributed by atoms with Crippen molar-refractivity contribution in [1.82, 2.24) is 5.32 Å². The molecule has 1 aromatic heterocycles. The zero-order valence-electron chi connectivity index (χ0n) is 9.14. The molecule has 3 heteroatoms. The van der Waals surface area contributed by atoms with Crippen LogP contribution >= 0.6 is 11.6 Å². The summed E-state index contributed by atoms with van der Waals surface area (Å²) in [7, 11) is 0. The van der Waals surface area contributed by atoms with E-state index in [1.165, 1.54) is 18.4 Å². The maximum Gasteiger partial charge on any atom is 0.193 e. The normalized spacial score (nSPS) is 27.1. The molecule has 1 N–H and O–H groups in total. The smallest absolute Gasteiger partial charge is 0.193 e. The monoisotopic (exact) mass is 225 g/mol. The van der Waals surface area contributed by atoms with E-state index in [0.717, 1.165) is 12.3 Å². The van der Waals surface area contributed by atoms with Crippen LogP contribution in [0.4, 0.5) is 0 Å². The molecule has 1 fully saturated rings. The molecule has 2 aliphatic rings. The van der Waals surface area contributed by atoms with E-state index in [1.807, 2.05) is 6.07 Å². The molecule has 1 saturated carbocycles. The van der Waals surface area contributed by atoms with Gasteiger partial charge in [0, 0.05) is 29.6 Å². The van der Waals surface area contributed by atoms with Crippen molar-refractivity contribution in [2.24, 2.45) is 5.92 Å².